The number of aromatic nitrogens is 1. The molecule has 1 fully saturated rings. The van der Waals surface area contributed by atoms with Crippen LogP contribution in [0.15, 0.2) is 18.3 Å². The lowest BCUT2D eigenvalue weighted by Gasteiger charge is -2.24. The fourth-order valence-corrected chi connectivity index (χ4v) is 2.71. The number of likely N-dealkylation sites (tertiary alicyclic amines) is 1. The van der Waals surface area contributed by atoms with Gasteiger partial charge in [0.1, 0.15) is 5.69 Å². The van der Waals surface area contributed by atoms with E-state index in [0.29, 0.717) is 18.6 Å². The van der Waals surface area contributed by atoms with Gasteiger partial charge in [-0.15, -0.1) is 11.6 Å². The van der Waals surface area contributed by atoms with Crippen LogP contribution in [0.5, 0.6) is 0 Å². The molecule has 1 unspecified atom stereocenters. The number of hydrogen-bond donors (Lipinski definition) is 0. The highest BCUT2D eigenvalue weighted by molar-refractivity contribution is 6.17. The zero-order chi connectivity index (χ0) is 15.5. The summed E-state index contributed by atoms with van der Waals surface area (Å²) in [7, 11) is 0. The highest BCUT2D eigenvalue weighted by Crippen LogP contribution is 2.29. The first-order valence-electron chi connectivity index (χ1n) is 6.83. The molecule has 1 aromatic rings. The second-order valence-electron chi connectivity index (χ2n) is 5.06. The molecule has 116 valence electrons. The van der Waals surface area contributed by atoms with Crippen LogP contribution < -0.4 is 0 Å². The van der Waals surface area contributed by atoms with Gasteiger partial charge in [-0.25, -0.2) is 0 Å². The third-order valence-corrected chi connectivity index (χ3v) is 3.89. The van der Waals surface area contributed by atoms with Gasteiger partial charge in [-0.3, -0.25) is 9.78 Å². The van der Waals surface area contributed by atoms with Crippen LogP contribution in [0.1, 0.15) is 41.7 Å². The number of pyridine rings is 1. The maximum Gasteiger partial charge on any atom is 0.417 e. The highest BCUT2D eigenvalue weighted by Gasteiger charge is 2.32. The first-order valence-corrected chi connectivity index (χ1v) is 7.37. The number of hydrogen-bond acceptors (Lipinski definition) is 2. The van der Waals surface area contributed by atoms with Crippen molar-refractivity contribution in [3.63, 3.8) is 0 Å². The van der Waals surface area contributed by atoms with E-state index in [1.807, 2.05) is 0 Å². The lowest BCUT2D eigenvalue weighted by molar-refractivity contribution is -0.137. The van der Waals surface area contributed by atoms with Crippen molar-refractivity contribution in [2.75, 3.05) is 12.4 Å². The average molecular weight is 321 g/mol. The summed E-state index contributed by atoms with van der Waals surface area (Å²) in [4.78, 5) is 17.7. The summed E-state index contributed by atoms with van der Waals surface area (Å²) < 4.78 is 37.4. The summed E-state index contributed by atoms with van der Waals surface area (Å²) in [6.07, 6.45) is -0.295. The summed E-state index contributed by atoms with van der Waals surface area (Å²) >= 11 is 5.66. The number of rotatable bonds is 4. The monoisotopic (exact) mass is 320 g/mol. The first kappa shape index (κ1) is 16.1. The molecule has 0 bridgehead atoms. The lowest BCUT2D eigenvalue weighted by Crippen LogP contribution is -2.36. The van der Waals surface area contributed by atoms with E-state index in [1.165, 1.54) is 0 Å². The van der Waals surface area contributed by atoms with E-state index < -0.39 is 11.7 Å². The fourth-order valence-electron chi connectivity index (χ4n) is 2.55. The fraction of sp³-hybridized carbons (Fsp3) is 0.571. The van der Waals surface area contributed by atoms with Gasteiger partial charge < -0.3 is 4.90 Å². The molecule has 21 heavy (non-hydrogen) atoms. The molecule has 0 aromatic carbocycles. The molecular formula is C14H16ClF3N2O. The van der Waals surface area contributed by atoms with Crippen LogP contribution in [-0.4, -0.2) is 34.3 Å². The Morgan fingerprint density at radius 3 is 2.76 bits per heavy atom. The third kappa shape index (κ3) is 3.87. The molecule has 1 aliphatic heterocycles. The molecule has 2 heterocycles. The zero-order valence-corrected chi connectivity index (χ0v) is 12.1. The molecule has 0 N–H and O–H groups in total. The van der Waals surface area contributed by atoms with Crippen molar-refractivity contribution < 1.29 is 18.0 Å². The van der Waals surface area contributed by atoms with Gasteiger partial charge >= 0.3 is 6.18 Å². The standard InChI is InChI=1S/C14H16ClF3N2O/c15-7-1-3-11-4-2-8-20(11)13(21)12-6-5-10(9-19-12)14(16,17)18/h5-6,9,11H,1-4,7-8H2. The second kappa shape index (κ2) is 6.64. The zero-order valence-electron chi connectivity index (χ0n) is 11.4. The number of nitrogens with zero attached hydrogens (tertiary/aromatic N) is 2. The van der Waals surface area contributed by atoms with Gasteiger partial charge in [0.15, 0.2) is 0 Å². The van der Waals surface area contributed by atoms with E-state index in [-0.39, 0.29) is 17.6 Å². The van der Waals surface area contributed by atoms with Gasteiger partial charge in [-0.05, 0) is 37.8 Å². The number of amides is 1. The summed E-state index contributed by atoms with van der Waals surface area (Å²) in [6.45, 7) is 0.620. The van der Waals surface area contributed by atoms with Gasteiger partial charge in [0.2, 0.25) is 0 Å². The number of alkyl halides is 4. The highest BCUT2D eigenvalue weighted by atomic mass is 35.5. The normalized spacial score (nSPS) is 19.0. The molecular weight excluding hydrogens is 305 g/mol. The van der Waals surface area contributed by atoms with Crippen molar-refractivity contribution in [2.45, 2.75) is 37.9 Å². The number of halogens is 4. The van der Waals surface area contributed by atoms with E-state index in [4.69, 9.17) is 11.6 Å². The van der Waals surface area contributed by atoms with Crippen LogP contribution in [-0.2, 0) is 6.18 Å². The van der Waals surface area contributed by atoms with Crippen LogP contribution in [0.25, 0.3) is 0 Å². The van der Waals surface area contributed by atoms with Gasteiger partial charge in [-0.1, -0.05) is 0 Å². The average Bonchev–Trinajstić information content (AvgIpc) is 2.92. The first-order chi connectivity index (χ1) is 9.93. The predicted molar refractivity (Wildman–Crippen MR) is 73.3 cm³/mol. The molecule has 0 radical (unpaired) electrons. The molecule has 1 aliphatic rings. The minimum atomic E-state index is -4.44. The number of carbonyl (C=O) groups excluding carboxylic acids is 1. The van der Waals surface area contributed by atoms with Crippen molar-refractivity contribution in [1.82, 2.24) is 9.88 Å². The van der Waals surface area contributed by atoms with Crippen LogP contribution in [0, 0.1) is 0 Å². The summed E-state index contributed by atoms with van der Waals surface area (Å²) in [5.41, 5.74) is -0.792. The van der Waals surface area contributed by atoms with Crippen molar-refractivity contribution in [2.24, 2.45) is 0 Å². The molecule has 7 heteroatoms. The quantitative estimate of drug-likeness (QED) is 0.792. The Hall–Kier alpha value is -1.30. The van der Waals surface area contributed by atoms with E-state index in [9.17, 15) is 18.0 Å². The molecule has 1 atom stereocenters. The van der Waals surface area contributed by atoms with Gasteiger partial charge in [-0.2, -0.15) is 13.2 Å². The topological polar surface area (TPSA) is 33.2 Å². The molecule has 1 aromatic heterocycles. The predicted octanol–water partition coefficient (Wildman–Crippen LogP) is 3.72. The molecule has 0 spiro atoms. The maximum absolute atomic E-state index is 12.5. The van der Waals surface area contributed by atoms with Crippen molar-refractivity contribution in [1.29, 1.82) is 0 Å². The Morgan fingerprint density at radius 2 is 2.19 bits per heavy atom. The molecule has 0 saturated carbocycles. The van der Waals surface area contributed by atoms with E-state index in [1.54, 1.807) is 4.90 Å². The Labute approximate surface area is 126 Å². The summed E-state index contributed by atoms with van der Waals surface area (Å²) in [6, 6.07) is 2.15. The van der Waals surface area contributed by atoms with Crippen molar-refractivity contribution in [3.05, 3.63) is 29.6 Å². The van der Waals surface area contributed by atoms with Crippen LogP contribution in [0.3, 0.4) is 0 Å². The van der Waals surface area contributed by atoms with Crippen LogP contribution in [0.4, 0.5) is 13.2 Å². The third-order valence-electron chi connectivity index (χ3n) is 3.62. The Kier molecular flexibility index (Phi) is 5.08. The van der Waals surface area contributed by atoms with Crippen LogP contribution in [0.2, 0.25) is 0 Å². The molecule has 1 amide bonds. The van der Waals surface area contributed by atoms with Crippen molar-refractivity contribution in [3.8, 4) is 0 Å². The Bertz CT molecular complexity index is 490. The molecule has 1 saturated heterocycles. The number of carbonyl (C=O) groups is 1. The van der Waals surface area contributed by atoms with Gasteiger partial charge in [0.05, 0.1) is 5.56 Å². The summed E-state index contributed by atoms with van der Waals surface area (Å²) in [5, 5.41) is 0. The minimum Gasteiger partial charge on any atom is -0.334 e. The van der Waals surface area contributed by atoms with Gasteiger partial charge in [0, 0.05) is 24.7 Å². The van der Waals surface area contributed by atoms with E-state index in [2.05, 4.69) is 4.98 Å². The molecule has 0 aliphatic carbocycles. The van der Waals surface area contributed by atoms with Gasteiger partial charge in [0.25, 0.3) is 5.91 Å². The summed E-state index contributed by atoms with van der Waals surface area (Å²) in [5.74, 6) is 0.234. The minimum absolute atomic E-state index is 0.0563. The van der Waals surface area contributed by atoms with Crippen LogP contribution >= 0.6 is 11.6 Å². The smallest absolute Gasteiger partial charge is 0.334 e. The Balaban J connectivity index is 2.08. The maximum atomic E-state index is 12.5. The molecule has 3 nitrogen and oxygen atoms in total. The van der Waals surface area contributed by atoms with Crippen molar-refractivity contribution >= 4 is 17.5 Å². The second-order valence-corrected chi connectivity index (χ2v) is 5.43. The lowest BCUT2D eigenvalue weighted by atomic mass is 10.1. The van der Waals surface area contributed by atoms with E-state index >= 15 is 0 Å². The molecule has 2 rings (SSSR count). The largest absolute Gasteiger partial charge is 0.417 e. The Morgan fingerprint density at radius 1 is 1.43 bits per heavy atom. The SMILES string of the molecule is O=C(c1ccc(C(F)(F)F)cn1)N1CCCC1CCCCl. The van der Waals surface area contributed by atoms with E-state index in [0.717, 1.165) is 37.8 Å².